The SMILES string of the molecule is CN(C(=O)CNC(=O)c1ccc(-c2ccccc2)cc1)C1CCS(=O)(=O)C1. The summed E-state index contributed by atoms with van der Waals surface area (Å²) in [5.41, 5.74) is 2.53. The van der Waals surface area contributed by atoms with Gasteiger partial charge in [0.15, 0.2) is 9.84 Å². The van der Waals surface area contributed by atoms with Gasteiger partial charge in [0.2, 0.25) is 5.91 Å². The van der Waals surface area contributed by atoms with Crippen LogP contribution >= 0.6 is 0 Å². The van der Waals surface area contributed by atoms with Crippen molar-refractivity contribution in [2.75, 3.05) is 25.1 Å². The van der Waals surface area contributed by atoms with Gasteiger partial charge in [-0.05, 0) is 29.7 Å². The minimum absolute atomic E-state index is 0.00979. The molecule has 2 aromatic carbocycles. The molecule has 0 aromatic heterocycles. The Morgan fingerprint density at radius 1 is 1.04 bits per heavy atom. The fourth-order valence-corrected chi connectivity index (χ4v) is 4.89. The summed E-state index contributed by atoms with van der Waals surface area (Å²) in [5.74, 6) is -0.540. The van der Waals surface area contributed by atoms with Crippen LogP contribution in [0.2, 0.25) is 0 Å². The van der Waals surface area contributed by atoms with Crippen LogP contribution < -0.4 is 5.32 Å². The Kier molecular flexibility index (Phi) is 5.60. The van der Waals surface area contributed by atoms with Gasteiger partial charge in [-0.2, -0.15) is 0 Å². The van der Waals surface area contributed by atoms with Crippen molar-refractivity contribution in [1.82, 2.24) is 10.2 Å². The lowest BCUT2D eigenvalue weighted by atomic mass is 10.0. The summed E-state index contributed by atoms with van der Waals surface area (Å²) in [4.78, 5) is 25.9. The monoisotopic (exact) mass is 386 g/mol. The van der Waals surface area contributed by atoms with Crippen LogP contribution in [0.25, 0.3) is 11.1 Å². The normalized spacial score (nSPS) is 18.0. The van der Waals surface area contributed by atoms with Gasteiger partial charge in [-0.3, -0.25) is 9.59 Å². The molecule has 1 atom stereocenters. The molecule has 1 saturated heterocycles. The van der Waals surface area contributed by atoms with E-state index in [0.717, 1.165) is 11.1 Å². The quantitative estimate of drug-likeness (QED) is 0.848. The Bertz CT molecular complexity index is 924. The Morgan fingerprint density at radius 3 is 2.26 bits per heavy atom. The van der Waals surface area contributed by atoms with Crippen LogP contribution in [0.4, 0.5) is 0 Å². The van der Waals surface area contributed by atoms with Gasteiger partial charge >= 0.3 is 0 Å². The van der Waals surface area contributed by atoms with Gasteiger partial charge in [0, 0.05) is 18.7 Å². The number of nitrogens with zero attached hydrogens (tertiary/aromatic N) is 1. The van der Waals surface area contributed by atoms with Crippen LogP contribution in [0.5, 0.6) is 0 Å². The maximum absolute atomic E-state index is 12.3. The molecule has 1 unspecified atom stereocenters. The first kappa shape index (κ1) is 19.1. The summed E-state index contributed by atoms with van der Waals surface area (Å²) >= 11 is 0. The largest absolute Gasteiger partial charge is 0.343 e. The molecule has 7 heteroatoms. The molecule has 3 rings (SSSR count). The molecule has 1 aliphatic rings. The highest BCUT2D eigenvalue weighted by Crippen LogP contribution is 2.19. The van der Waals surface area contributed by atoms with Gasteiger partial charge in [0.05, 0.1) is 18.1 Å². The number of benzene rings is 2. The number of likely N-dealkylation sites (N-methyl/N-ethyl adjacent to an activating group) is 1. The topological polar surface area (TPSA) is 83.6 Å². The molecule has 27 heavy (non-hydrogen) atoms. The summed E-state index contributed by atoms with van der Waals surface area (Å²) in [7, 11) is -1.48. The zero-order chi connectivity index (χ0) is 19.4. The average molecular weight is 386 g/mol. The van der Waals surface area contributed by atoms with E-state index in [1.54, 1.807) is 19.2 Å². The molecular weight excluding hydrogens is 364 g/mol. The van der Waals surface area contributed by atoms with Gasteiger partial charge in [0.25, 0.3) is 5.91 Å². The average Bonchev–Trinajstić information content (AvgIpc) is 3.05. The lowest BCUT2D eigenvalue weighted by molar-refractivity contribution is -0.130. The Labute approximate surface area is 159 Å². The van der Waals surface area contributed by atoms with Crippen LogP contribution in [-0.2, 0) is 14.6 Å². The molecule has 1 N–H and O–H groups in total. The minimum Gasteiger partial charge on any atom is -0.343 e. The number of carbonyl (C=O) groups is 2. The van der Waals surface area contributed by atoms with Crippen LogP contribution in [0.3, 0.4) is 0 Å². The van der Waals surface area contributed by atoms with Crippen molar-refractivity contribution in [3.05, 3.63) is 60.2 Å². The van der Waals surface area contributed by atoms with E-state index in [1.807, 2.05) is 42.5 Å². The zero-order valence-corrected chi connectivity index (χ0v) is 15.9. The maximum atomic E-state index is 12.3. The number of amides is 2. The van der Waals surface area contributed by atoms with Crippen molar-refractivity contribution in [3.8, 4) is 11.1 Å². The second-order valence-electron chi connectivity index (χ2n) is 6.69. The second-order valence-corrected chi connectivity index (χ2v) is 8.92. The smallest absolute Gasteiger partial charge is 0.251 e. The number of sulfone groups is 1. The molecule has 0 aliphatic carbocycles. The van der Waals surface area contributed by atoms with Crippen molar-refractivity contribution in [2.45, 2.75) is 12.5 Å². The molecule has 0 bridgehead atoms. The number of hydrogen-bond acceptors (Lipinski definition) is 4. The Balaban J connectivity index is 1.55. The second kappa shape index (κ2) is 7.92. The molecule has 0 radical (unpaired) electrons. The van der Waals surface area contributed by atoms with E-state index in [4.69, 9.17) is 0 Å². The van der Waals surface area contributed by atoms with Gasteiger partial charge < -0.3 is 10.2 Å². The predicted molar refractivity (Wildman–Crippen MR) is 104 cm³/mol. The first-order chi connectivity index (χ1) is 12.9. The highest BCUT2D eigenvalue weighted by atomic mass is 32.2. The van der Waals surface area contributed by atoms with E-state index in [0.29, 0.717) is 12.0 Å². The third-order valence-electron chi connectivity index (χ3n) is 4.80. The van der Waals surface area contributed by atoms with Gasteiger partial charge in [-0.1, -0.05) is 42.5 Å². The minimum atomic E-state index is -3.06. The standard InChI is InChI=1S/C20H22N2O4S/c1-22(18-11-12-27(25,26)14-18)19(23)13-21-20(24)17-9-7-16(8-10-17)15-5-3-2-4-6-15/h2-10,18H,11-14H2,1H3,(H,21,24). The lowest BCUT2D eigenvalue weighted by Crippen LogP contribution is -2.43. The lowest BCUT2D eigenvalue weighted by Gasteiger charge is -2.23. The molecule has 6 nitrogen and oxygen atoms in total. The van der Waals surface area contributed by atoms with Crippen molar-refractivity contribution in [1.29, 1.82) is 0 Å². The third-order valence-corrected chi connectivity index (χ3v) is 6.55. The predicted octanol–water partition coefficient (Wildman–Crippen LogP) is 1.73. The fraction of sp³-hybridized carbons (Fsp3) is 0.300. The molecule has 142 valence electrons. The summed E-state index contributed by atoms with van der Waals surface area (Å²) in [6, 6.07) is 16.7. The van der Waals surface area contributed by atoms with Gasteiger partial charge in [-0.15, -0.1) is 0 Å². The molecule has 1 heterocycles. The van der Waals surface area contributed by atoms with Crippen molar-refractivity contribution >= 4 is 21.7 Å². The first-order valence-corrected chi connectivity index (χ1v) is 10.6. The number of rotatable bonds is 5. The van der Waals surface area contributed by atoms with Crippen LogP contribution in [0.1, 0.15) is 16.8 Å². The number of nitrogens with one attached hydrogen (secondary N) is 1. The van der Waals surface area contributed by atoms with Gasteiger partial charge in [0.1, 0.15) is 0 Å². The molecule has 1 aliphatic heterocycles. The van der Waals surface area contributed by atoms with E-state index in [9.17, 15) is 18.0 Å². The van der Waals surface area contributed by atoms with Crippen LogP contribution in [0, 0.1) is 0 Å². The zero-order valence-electron chi connectivity index (χ0n) is 15.1. The summed E-state index contributed by atoms with van der Waals surface area (Å²) in [6.07, 6.45) is 0.444. The Hall–Kier alpha value is -2.67. The molecule has 2 aromatic rings. The first-order valence-electron chi connectivity index (χ1n) is 8.75. The van der Waals surface area contributed by atoms with E-state index in [2.05, 4.69) is 5.32 Å². The summed E-state index contributed by atoms with van der Waals surface area (Å²) in [6.45, 7) is -0.160. The molecule has 1 fully saturated rings. The van der Waals surface area contributed by atoms with Crippen LogP contribution in [-0.4, -0.2) is 56.3 Å². The van der Waals surface area contributed by atoms with E-state index < -0.39 is 9.84 Å². The van der Waals surface area contributed by atoms with E-state index in [1.165, 1.54) is 4.90 Å². The molecule has 2 amide bonds. The van der Waals surface area contributed by atoms with Crippen molar-refractivity contribution in [2.24, 2.45) is 0 Å². The van der Waals surface area contributed by atoms with Crippen molar-refractivity contribution < 1.29 is 18.0 Å². The summed E-state index contributed by atoms with van der Waals surface area (Å²) < 4.78 is 23.1. The molecular formula is C20H22N2O4S. The van der Waals surface area contributed by atoms with E-state index in [-0.39, 0.29) is 35.9 Å². The maximum Gasteiger partial charge on any atom is 0.251 e. The highest BCUT2D eigenvalue weighted by Gasteiger charge is 2.32. The number of hydrogen-bond donors (Lipinski definition) is 1. The van der Waals surface area contributed by atoms with Gasteiger partial charge in [-0.25, -0.2) is 8.42 Å². The van der Waals surface area contributed by atoms with Crippen LogP contribution in [0.15, 0.2) is 54.6 Å². The Morgan fingerprint density at radius 2 is 1.67 bits per heavy atom. The fourth-order valence-electron chi connectivity index (χ4n) is 3.11. The highest BCUT2D eigenvalue weighted by molar-refractivity contribution is 7.91. The van der Waals surface area contributed by atoms with Crippen molar-refractivity contribution in [3.63, 3.8) is 0 Å². The molecule has 0 saturated carbocycles. The number of carbonyl (C=O) groups excluding carboxylic acids is 2. The third kappa shape index (κ3) is 4.74. The summed E-state index contributed by atoms with van der Waals surface area (Å²) in [5, 5.41) is 2.60. The molecule has 0 spiro atoms. The van der Waals surface area contributed by atoms with E-state index >= 15 is 0 Å².